The molecule has 3 aromatic rings. The van der Waals surface area contributed by atoms with Crippen LogP contribution in [0, 0.1) is 21.4 Å². The fourth-order valence-electron chi connectivity index (χ4n) is 3.00. The van der Waals surface area contributed by atoms with E-state index >= 15 is 0 Å². The normalized spacial score (nSPS) is 11.3. The molecule has 0 saturated carbocycles. The molecule has 0 aliphatic heterocycles. The predicted molar refractivity (Wildman–Crippen MR) is 134 cm³/mol. The Morgan fingerprint density at radius 3 is 2.47 bits per heavy atom. The molecule has 0 aromatic heterocycles. The fourth-order valence-corrected chi connectivity index (χ4v) is 4.57. The predicted octanol–water partition coefficient (Wildman–Crippen LogP) is 4.87. The number of Topliss-reactive ketones (excluding diaryl/α,β-unsaturated/α-hetero) is 1. The largest absolute Gasteiger partial charge is 0.378 e. The summed E-state index contributed by atoms with van der Waals surface area (Å²) in [6, 6.07) is 16.7. The minimum Gasteiger partial charge on any atom is -0.378 e. The number of nitriles is 1. The van der Waals surface area contributed by atoms with Gasteiger partial charge in [-0.3, -0.25) is 19.7 Å². The summed E-state index contributed by atoms with van der Waals surface area (Å²) >= 11 is 3.19. The number of hydrogen-bond acceptors (Lipinski definition) is 8. The van der Waals surface area contributed by atoms with E-state index in [1.807, 2.05) is 0 Å². The number of nitro benzene ring substituents is 1. The molecule has 1 N–H and O–H groups in total. The van der Waals surface area contributed by atoms with Gasteiger partial charge in [-0.2, -0.15) is 13.7 Å². The van der Waals surface area contributed by atoms with Gasteiger partial charge in [0, 0.05) is 17.7 Å². The van der Waals surface area contributed by atoms with Crippen LogP contribution in [0.4, 0.5) is 11.4 Å². The third-order valence-electron chi connectivity index (χ3n) is 4.70. The zero-order valence-electron chi connectivity index (χ0n) is 18.5. The van der Waals surface area contributed by atoms with Gasteiger partial charge in [-0.05, 0) is 64.8 Å². The number of benzene rings is 3. The Bertz CT molecular complexity index is 1560. The van der Waals surface area contributed by atoms with Crippen molar-refractivity contribution < 1.29 is 27.1 Å². The van der Waals surface area contributed by atoms with Crippen molar-refractivity contribution in [1.29, 1.82) is 5.26 Å². The van der Waals surface area contributed by atoms with Crippen LogP contribution in [0.5, 0.6) is 5.75 Å². The Labute approximate surface area is 214 Å². The summed E-state index contributed by atoms with van der Waals surface area (Å²) in [5.41, 5.74) is 0.240. The first-order valence-electron chi connectivity index (χ1n) is 10.0. The molecular weight excluding hydrogens is 554 g/mol. The Kier molecular flexibility index (Phi) is 7.98. The van der Waals surface area contributed by atoms with Crippen molar-refractivity contribution in [2.45, 2.75) is 11.8 Å². The smallest absolute Gasteiger partial charge is 0.339 e. The minimum absolute atomic E-state index is 0.114. The highest BCUT2D eigenvalue weighted by molar-refractivity contribution is 9.10. The number of para-hydroxylation sites is 1. The lowest BCUT2D eigenvalue weighted by molar-refractivity contribution is -0.385. The number of carbonyl (C=O) groups is 2. The van der Waals surface area contributed by atoms with Crippen LogP contribution in [-0.4, -0.2) is 25.0 Å². The third-order valence-corrected chi connectivity index (χ3v) is 6.55. The number of non-ortho nitro benzene ring substituents is 1. The minimum atomic E-state index is -4.39. The van der Waals surface area contributed by atoms with Crippen LogP contribution in [0.15, 0.2) is 81.7 Å². The number of carbonyl (C=O) groups excluding carboxylic acids is 2. The molecule has 0 heterocycles. The molecule has 0 aliphatic carbocycles. The lowest BCUT2D eigenvalue weighted by atomic mass is 10.1. The number of rotatable bonds is 8. The van der Waals surface area contributed by atoms with E-state index in [1.165, 1.54) is 43.3 Å². The lowest BCUT2D eigenvalue weighted by Gasteiger charge is -2.10. The van der Waals surface area contributed by atoms with Gasteiger partial charge in [0.1, 0.15) is 16.5 Å². The molecule has 0 saturated heterocycles. The lowest BCUT2D eigenvalue weighted by Crippen LogP contribution is -2.15. The summed E-state index contributed by atoms with van der Waals surface area (Å²) in [6.45, 7) is 1.35. The molecule has 12 heteroatoms. The summed E-state index contributed by atoms with van der Waals surface area (Å²) in [4.78, 5) is 34.2. The molecule has 0 aliphatic rings. The molecule has 3 rings (SSSR count). The highest BCUT2D eigenvalue weighted by Gasteiger charge is 2.21. The van der Waals surface area contributed by atoms with Gasteiger partial charge in [-0.1, -0.05) is 24.3 Å². The molecule has 36 heavy (non-hydrogen) atoms. The highest BCUT2D eigenvalue weighted by Crippen LogP contribution is 2.30. The van der Waals surface area contributed by atoms with Crippen molar-refractivity contribution in [2.24, 2.45) is 0 Å². The van der Waals surface area contributed by atoms with Crippen LogP contribution in [0.1, 0.15) is 22.8 Å². The Morgan fingerprint density at radius 1 is 1.11 bits per heavy atom. The molecule has 0 fully saturated rings. The van der Waals surface area contributed by atoms with Gasteiger partial charge < -0.3 is 9.50 Å². The highest BCUT2D eigenvalue weighted by atomic mass is 79.9. The summed E-state index contributed by atoms with van der Waals surface area (Å²) < 4.78 is 30.4. The SMILES string of the molecule is CC(=O)c1ccccc1NC(=O)/C(C#N)=C\c1ccc(OS(=O)(=O)c2cccc([N+](=O)[O-])c2)c(Br)c1. The van der Waals surface area contributed by atoms with Crippen molar-refractivity contribution in [3.63, 3.8) is 0 Å². The van der Waals surface area contributed by atoms with E-state index in [0.29, 0.717) is 5.56 Å². The maximum atomic E-state index is 12.6. The van der Waals surface area contributed by atoms with Crippen molar-refractivity contribution in [1.82, 2.24) is 0 Å². The number of halogens is 1. The molecule has 3 aromatic carbocycles. The second kappa shape index (κ2) is 10.9. The van der Waals surface area contributed by atoms with E-state index in [2.05, 4.69) is 21.2 Å². The maximum absolute atomic E-state index is 12.6. The molecule has 0 bridgehead atoms. The molecule has 0 spiro atoms. The number of nitrogens with one attached hydrogen (secondary N) is 1. The molecule has 182 valence electrons. The van der Waals surface area contributed by atoms with Crippen LogP contribution in [-0.2, 0) is 14.9 Å². The Morgan fingerprint density at radius 2 is 1.83 bits per heavy atom. The Hall–Kier alpha value is -4.34. The van der Waals surface area contributed by atoms with Crippen LogP contribution in [0.3, 0.4) is 0 Å². The molecule has 0 atom stereocenters. The fraction of sp³-hybridized carbons (Fsp3) is 0.0417. The standard InChI is InChI=1S/C24H16BrN3O7S/c1-15(29)20-7-2-3-8-22(20)27-24(30)17(14-26)11-16-9-10-23(21(25)12-16)35-36(33,34)19-6-4-5-18(13-19)28(31)32/h2-13H,1H3,(H,27,30)/b17-11-. The average Bonchev–Trinajstić information content (AvgIpc) is 2.84. The second-order valence-corrected chi connectivity index (χ2v) is 9.61. The first kappa shape index (κ1) is 26.3. The summed E-state index contributed by atoms with van der Waals surface area (Å²) in [7, 11) is -4.39. The Balaban J connectivity index is 1.83. The summed E-state index contributed by atoms with van der Waals surface area (Å²) in [5.74, 6) is -1.11. The van der Waals surface area contributed by atoms with Gasteiger partial charge in [0.05, 0.1) is 15.1 Å². The quantitative estimate of drug-likeness (QED) is 0.100. The molecule has 10 nitrogen and oxygen atoms in total. The van der Waals surface area contributed by atoms with E-state index in [0.717, 1.165) is 18.2 Å². The topological polar surface area (TPSA) is 156 Å². The summed E-state index contributed by atoms with van der Waals surface area (Å²) in [6.07, 6.45) is 1.27. The van der Waals surface area contributed by atoms with Crippen molar-refractivity contribution in [3.05, 3.63) is 98.0 Å². The van der Waals surface area contributed by atoms with Gasteiger partial charge in [0.25, 0.3) is 11.6 Å². The van der Waals surface area contributed by atoms with Gasteiger partial charge >= 0.3 is 10.1 Å². The molecule has 1 amide bonds. The van der Waals surface area contributed by atoms with E-state index in [1.54, 1.807) is 24.3 Å². The van der Waals surface area contributed by atoms with Crippen LogP contribution < -0.4 is 9.50 Å². The van der Waals surface area contributed by atoms with Gasteiger partial charge in [0.15, 0.2) is 11.5 Å². The van der Waals surface area contributed by atoms with Gasteiger partial charge in [-0.15, -0.1) is 0 Å². The van der Waals surface area contributed by atoms with Gasteiger partial charge in [-0.25, -0.2) is 0 Å². The second-order valence-electron chi connectivity index (χ2n) is 7.21. The van der Waals surface area contributed by atoms with Crippen molar-refractivity contribution in [3.8, 4) is 11.8 Å². The number of anilines is 1. The van der Waals surface area contributed by atoms with E-state index in [4.69, 9.17) is 4.18 Å². The number of amides is 1. The maximum Gasteiger partial charge on any atom is 0.339 e. The first-order chi connectivity index (χ1) is 17.0. The molecule has 0 unspecified atom stereocenters. The van der Waals surface area contributed by atoms with Crippen molar-refractivity contribution >= 4 is 55.2 Å². The zero-order chi connectivity index (χ0) is 26.5. The van der Waals surface area contributed by atoms with E-state index in [-0.39, 0.29) is 32.8 Å². The number of nitro groups is 1. The monoisotopic (exact) mass is 569 g/mol. The van der Waals surface area contributed by atoms with Crippen molar-refractivity contribution in [2.75, 3.05) is 5.32 Å². The van der Waals surface area contributed by atoms with E-state index < -0.39 is 31.5 Å². The number of ketones is 1. The number of nitrogens with zero attached hydrogens (tertiary/aromatic N) is 2. The number of hydrogen-bond donors (Lipinski definition) is 1. The molecule has 0 radical (unpaired) electrons. The third kappa shape index (κ3) is 6.21. The van der Waals surface area contributed by atoms with Crippen LogP contribution in [0.25, 0.3) is 6.08 Å². The molecular formula is C24H16BrN3O7S. The van der Waals surface area contributed by atoms with E-state index in [9.17, 15) is 33.4 Å². The zero-order valence-corrected chi connectivity index (χ0v) is 20.9. The van der Waals surface area contributed by atoms with Crippen LogP contribution in [0.2, 0.25) is 0 Å². The summed E-state index contributed by atoms with van der Waals surface area (Å²) in [5, 5.41) is 22.9. The average molecular weight is 570 g/mol. The van der Waals surface area contributed by atoms with Gasteiger partial charge in [0.2, 0.25) is 0 Å². The first-order valence-corrected chi connectivity index (χ1v) is 12.2. The van der Waals surface area contributed by atoms with Crippen LogP contribution >= 0.6 is 15.9 Å².